The lowest BCUT2D eigenvalue weighted by Crippen LogP contribution is -2.16. The van der Waals surface area contributed by atoms with Gasteiger partial charge in [-0.1, -0.05) is 0 Å². The number of benzene rings is 1. The smallest absolute Gasteiger partial charge is 0.443 e. The molecule has 39 heavy (non-hydrogen) atoms. The number of allylic oxidation sites excluding steroid dienone is 1. The van der Waals surface area contributed by atoms with Crippen LogP contribution in [-0.4, -0.2) is 37.9 Å². The third kappa shape index (κ3) is 6.73. The number of oxazole rings is 1. The van der Waals surface area contributed by atoms with Crippen LogP contribution in [0.15, 0.2) is 82.2 Å². The number of pyridine rings is 1. The highest BCUT2D eigenvalue weighted by atomic mass is 19.4. The molecule has 1 aliphatic rings. The van der Waals surface area contributed by atoms with Gasteiger partial charge in [-0.25, -0.2) is 9.97 Å². The van der Waals surface area contributed by atoms with Crippen molar-refractivity contribution in [3.63, 3.8) is 0 Å². The van der Waals surface area contributed by atoms with Gasteiger partial charge in [0.15, 0.2) is 0 Å². The lowest BCUT2D eigenvalue weighted by Gasteiger charge is -2.10. The molecule has 1 N–H and O–H groups in total. The molecule has 11 heteroatoms. The molecule has 0 radical (unpaired) electrons. The van der Waals surface area contributed by atoms with E-state index in [0.717, 1.165) is 36.3 Å². The number of ether oxygens (including phenoxy) is 1. The molecule has 1 aliphatic heterocycles. The second-order valence-corrected chi connectivity index (χ2v) is 9.27. The summed E-state index contributed by atoms with van der Waals surface area (Å²) in [5, 5.41) is 7.52. The molecule has 5 rings (SSSR count). The molecular weight excluding hydrogens is 509 g/mol. The number of aromatic nitrogens is 4. The van der Waals surface area contributed by atoms with Crippen molar-refractivity contribution in [2.75, 3.05) is 5.32 Å². The Kier molecular flexibility index (Phi) is 7.49. The van der Waals surface area contributed by atoms with Gasteiger partial charge < -0.3 is 14.5 Å². The topological polar surface area (TPSA) is 90.4 Å². The number of alkyl halides is 3. The summed E-state index contributed by atoms with van der Waals surface area (Å²) in [6, 6.07) is 11.6. The zero-order valence-electron chi connectivity index (χ0n) is 21.4. The number of rotatable bonds is 10. The molecule has 8 nitrogen and oxygen atoms in total. The summed E-state index contributed by atoms with van der Waals surface area (Å²) in [5.41, 5.74) is 5.18. The van der Waals surface area contributed by atoms with Gasteiger partial charge in [-0.3, -0.25) is 9.67 Å². The predicted octanol–water partition coefficient (Wildman–Crippen LogP) is 6.12. The number of hydrogen-bond acceptors (Lipinski definition) is 7. The van der Waals surface area contributed by atoms with Gasteiger partial charge in [0, 0.05) is 25.0 Å². The molecule has 0 spiro atoms. The molecule has 1 unspecified atom stereocenters. The van der Waals surface area contributed by atoms with Gasteiger partial charge in [0.05, 0.1) is 18.3 Å². The van der Waals surface area contributed by atoms with Crippen LogP contribution in [-0.2, 0) is 20.0 Å². The minimum absolute atomic E-state index is 0.0402. The summed E-state index contributed by atoms with van der Waals surface area (Å²) >= 11 is 0. The summed E-state index contributed by atoms with van der Waals surface area (Å²) < 4.78 is 48.6. The second-order valence-electron chi connectivity index (χ2n) is 9.27. The van der Waals surface area contributed by atoms with Gasteiger partial charge >= 0.3 is 6.36 Å². The van der Waals surface area contributed by atoms with Crippen LogP contribution in [0.3, 0.4) is 0 Å². The minimum atomic E-state index is -4.73. The first-order chi connectivity index (χ1) is 18.7. The summed E-state index contributed by atoms with van der Waals surface area (Å²) in [5.74, 6) is 0.911. The van der Waals surface area contributed by atoms with E-state index in [1.165, 1.54) is 36.1 Å². The molecule has 1 aromatic carbocycles. The minimum Gasteiger partial charge on any atom is -0.443 e. The van der Waals surface area contributed by atoms with E-state index in [1.807, 2.05) is 43.1 Å². The van der Waals surface area contributed by atoms with Gasteiger partial charge in [-0.2, -0.15) is 5.10 Å². The van der Waals surface area contributed by atoms with E-state index in [1.54, 1.807) is 6.20 Å². The normalized spacial score (nSPS) is 15.3. The zero-order chi connectivity index (χ0) is 27.4. The number of hydrogen-bond donors (Lipinski definition) is 1. The summed E-state index contributed by atoms with van der Waals surface area (Å²) in [4.78, 5) is 13.7. The Morgan fingerprint density at radius 1 is 1.10 bits per heavy atom. The Morgan fingerprint density at radius 2 is 1.92 bits per heavy atom. The number of aryl methyl sites for hydroxylation is 2. The highest BCUT2D eigenvalue weighted by molar-refractivity contribution is 6.07. The van der Waals surface area contributed by atoms with Crippen LogP contribution in [0.25, 0.3) is 11.3 Å². The molecular formula is C28H27F3N6O2. The standard InChI is InChI=1S/C28H27F3N6O2/c1-18-14-24(27-36-25(17-38-27)20-6-8-22(9-7-20)39-28(29,30)31)35-23(18)5-3-4-19-10-12-32-26(15-19)33-16-21-11-13-34-37(21)2/h6-15,17,23H,3-5,16H2,1-2H3,(H,32,33). The monoisotopic (exact) mass is 536 g/mol. The van der Waals surface area contributed by atoms with Crippen molar-refractivity contribution < 1.29 is 22.3 Å². The Bertz CT molecular complexity index is 1490. The van der Waals surface area contributed by atoms with Crippen LogP contribution >= 0.6 is 0 Å². The van der Waals surface area contributed by atoms with E-state index >= 15 is 0 Å². The van der Waals surface area contributed by atoms with E-state index in [-0.39, 0.29) is 11.8 Å². The van der Waals surface area contributed by atoms with E-state index < -0.39 is 6.36 Å². The lowest BCUT2D eigenvalue weighted by atomic mass is 10.0. The van der Waals surface area contributed by atoms with Crippen LogP contribution in [0.5, 0.6) is 5.75 Å². The first-order valence-corrected chi connectivity index (χ1v) is 12.5. The van der Waals surface area contributed by atoms with E-state index in [2.05, 4.69) is 31.2 Å². The largest absolute Gasteiger partial charge is 0.573 e. The molecule has 0 saturated heterocycles. The van der Waals surface area contributed by atoms with Gasteiger partial charge in [-0.05, 0) is 85.9 Å². The van der Waals surface area contributed by atoms with Crippen molar-refractivity contribution in [3.8, 4) is 17.0 Å². The average molecular weight is 537 g/mol. The fourth-order valence-corrected chi connectivity index (χ4v) is 4.36. The Balaban J connectivity index is 1.15. The third-order valence-corrected chi connectivity index (χ3v) is 6.43. The van der Waals surface area contributed by atoms with Crippen LogP contribution in [0, 0.1) is 0 Å². The van der Waals surface area contributed by atoms with Crippen LogP contribution in [0.2, 0.25) is 0 Å². The molecule has 4 aromatic rings. The second kappa shape index (κ2) is 11.1. The van der Waals surface area contributed by atoms with Crippen molar-refractivity contribution in [3.05, 3.63) is 89.9 Å². The Morgan fingerprint density at radius 3 is 2.67 bits per heavy atom. The molecule has 4 heterocycles. The van der Waals surface area contributed by atoms with E-state index in [0.29, 0.717) is 29.4 Å². The number of halogens is 3. The number of aliphatic imine (C=N–C) groups is 1. The van der Waals surface area contributed by atoms with E-state index in [9.17, 15) is 13.2 Å². The van der Waals surface area contributed by atoms with Crippen LogP contribution < -0.4 is 10.1 Å². The van der Waals surface area contributed by atoms with Gasteiger partial charge in [-0.15, -0.1) is 13.2 Å². The third-order valence-electron chi connectivity index (χ3n) is 6.43. The Labute approximate surface area is 223 Å². The molecule has 0 amide bonds. The first-order valence-electron chi connectivity index (χ1n) is 12.5. The fourth-order valence-electron chi connectivity index (χ4n) is 4.36. The van der Waals surface area contributed by atoms with Gasteiger partial charge in [0.2, 0.25) is 5.89 Å². The number of nitrogens with one attached hydrogen (secondary N) is 1. The van der Waals surface area contributed by atoms with Gasteiger partial charge in [0.1, 0.15) is 29.2 Å². The molecule has 0 fully saturated rings. The summed E-state index contributed by atoms with van der Waals surface area (Å²) in [6.45, 7) is 2.69. The van der Waals surface area contributed by atoms with Crippen molar-refractivity contribution in [1.82, 2.24) is 19.7 Å². The molecule has 0 bridgehead atoms. The van der Waals surface area contributed by atoms with Crippen molar-refractivity contribution in [2.24, 2.45) is 12.0 Å². The maximum absolute atomic E-state index is 12.4. The molecule has 0 aliphatic carbocycles. The highest BCUT2D eigenvalue weighted by Crippen LogP contribution is 2.28. The summed E-state index contributed by atoms with van der Waals surface area (Å²) in [7, 11) is 1.91. The molecule has 3 aromatic heterocycles. The summed E-state index contributed by atoms with van der Waals surface area (Å²) in [6.07, 6.45) is 5.01. The van der Waals surface area contributed by atoms with Crippen molar-refractivity contribution in [2.45, 2.75) is 45.1 Å². The van der Waals surface area contributed by atoms with Crippen molar-refractivity contribution >= 4 is 11.5 Å². The molecule has 1 atom stereocenters. The average Bonchev–Trinajstić information content (AvgIpc) is 3.63. The zero-order valence-corrected chi connectivity index (χ0v) is 21.4. The SMILES string of the molecule is CC1=CC(c2nc(-c3ccc(OC(F)(F)F)cc3)co2)=NC1CCCc1ccnc(NCc2ccnn2C)c1. The maximum atomic E-state index is 12.4. The molecule has 0 saturated carbocycles. The highest BCUT2D eigenvalue weighted by Gasteiger charge is 2.31. The lowest BCUT2D eigenvalue weighted by molar-refractivity contribution is -0.274. The first kappa shape index (κ1) is 26.2. The van der Waals surface area contributed by atoms with Crippen LogP contribution in [0.4, 0.5) is 19.0 Å². The quantitative estimate of drug-likeness (QED) is 0.263. The molecule has 202 valence electrons. The fraction of sp³-hybridized carbons (Fsp3) is 0.286. The number of anilines is 1. The van der Waals surface area contributed by atoms with E-state index in [4.69, 9.17) is 9.41 Å². The number of nitrogens with zero attached hydrogens (tertiary/aromatic N) is 5. The predicted molar refractivity (Wildman–Crippen MR) is 140 cm³/mol. The van der Waals surface area contributed by atoms with Crippen LogP contribution in [0.1, 0.15) is 36.9 Å². The van der Waals surface area contributed by atoms with Gasteiger partial charge in [0.25, 0.3) is 0 Å². The maximum Gasteiger partial charge on any atom is 0.573 e. The Hall–Kier alpha value is -4.41. The van der Waals surface area contributed by atoms with Crippen molar-refractivity contribution in [1.29, 1.82) is 0 Å².